The number of piperidine rings is 1. The fraction of sp³-hybridized carbons (Fsp3) is 0.350. The predicted molar refractivity (Wildman–Crippen MR) is 106 cm³/mol. The molecule has 2 aromatic carbocycles. The van der Waals surface area contributed by atoms with Crippen molar-refractivity contribution in [3.05, 3.63) is 47.5 Å². The minimum atomic E-state index is -3.80. The van der Waals surface area contributed by atoms with Crippen LogP contribution >= 0.6 is 0 Å². The lowest BCUT2D eigenvalue weighted by atomic mass is 10.1. The lowest BCUT2D eigenvalue weighted by molar-refractivity contribution is -0.119. The molecule has 0 bridgehead atoms. The van der Waals surface area contributed by atoms with Gasteiger partial charge in [-0.15, -0.1) is 0 Å². The highest BCUT2D eigenvalue weighted by Crippen LogP contribution is 2.30. The first-order chi connectivity index (χ1) is 12.8. The molecule has 1 saturated heterocycles. The predicted octanol–water partition coefficient (Wildman–Crippen LogP) is 3.63. The number of rotatable bonds is 5. The lowest BCUT2D eigenvalue weighted by Gasteiger charge is -2.26. The molecule has 0 aromatic heterocycles. The van der Waals surface area contributed by atoms with Crippen LogP contribution in [0.4, 0.5) is 11.4 Å². The molecule has 144 valence electrons. The summed E-state index contributed by atoms with van der Waals surface area (Å²) in [4.78, 5) is 13.9. The van der Waals surface area contributed by atoms with Gasteiger partial charge in [-0.25, -0.2) is 8.42 Å². The molecular formula is C20H24N2O4S. The number of anilines is 2. The van der Waals surface area contributed by atoms with Crippen LogP contribution < -0.4 is 14.4 Å². The van der Waals surface area contributed by atoms with Crippen LogP contribution in [-0.2, 0) is 14.8 Å². The standard InChI is InChI=1S/C20H24N2O4S/c1-14-12-18(26-3)19(13-15(14)2)27(24,25)21-16-7-9-17(10-8-16)22-11-5-4-6-20(22)23/h7-10,12-13,21H,4-6,11H2,1-3H3. The number of nitrogens with zero attached hydrogens (tertiary/aromatic N) is 1. The molecule has 0 atom stereocenters. The van der Waals surface area contributed by atoms with Crippen molar-refractivity contribution in [3.63, 3.8) is 0 Å². The Labute approximate surface area is 160 Å². The summed E-state index contributed by atoms with van der Waals surface area (Å²) in [5, 5.41) is 0. The molecule has 6 nitrogen and oxygen atoms in total. The molecule has 0 spiro atoms. The number of methoxy groups -OCH3 is 1. The van der Waals surface area contributed by atoms with Gasteiger partial charge >= 0.3 is 0 Å². The maximum atomic E-state index is 12.8. The second kappa shape index (κ2) is 7.60. The van der Waals surface area contributed by atoms with Gasteiger partial charge in [0.2, 0.25) is 5.91 Å². The minimum absolute atomic E-state index is 0.100. The van der Waals surface area contributed by atoms with Crippen LogP contribution in [0.1, 0.15) is 30.4 Å². The van der Waals surface area contributed by atoms with Crippen molar-refractivity contribution in [2.45, 2.75) is 38.0 Å². The van der Waals surface area contributed by atoms with Crippen molar-refractivity contribution in [2.75, 3.05) is 23.3 Å². The first-order valence-electron chi connectivity index (χ1n) is 8.90. The molecule has 3 rings (SSSR count). The zero-order valence-electron chi connectivity index (χ0n) is 15.8. The van der Waals surface area contributed by atoms with Crippen molar-refractivity contribution in [1.82, 2.24) is 0 Å². The normalized spacial score (nSPS) is 14.9. The van der Waals surface area contributed by atoms with Crippen LogP contribution in [0.3, 0.4) is 0 Å². The number of carbonyl (C=O) groups excluding carboxylic acids is 1. The number of hydrogen-bond acceptors (Lipinski definition) is 4. The first kappa shape index (κ1) is 19.2. The number of ether oxygens (including phenoxy) is 1. The summed E-state index contributed by atoms with van der Waals surface area (Å²) in [6.07, 6.45) is 2.46. The molecule has 2 aromatic rings. The third kappa shape index (κ3) is 4.08. The number of carbonyl (C=O) groups is 1. The smallest absolute Gasteiger partial charge is 0.265 e. The summed E-state index contributed by atoms with van der Waals surface area (Å²) < 4.78 is 33.5. The van der Waals surface area contributed by atoms with Gasteiger partial charge < -0.3 is 9.64 Å². The van der Waals surface area contributed by atoms with Crippen LogP contribution in [0.2, 0.25) is 0 Å². The molecule has 0 saturated carbocycles. The highest BCUT2D eigenvalue weighted by Gasteiger charge is 2.22. The van der Waals surface area contributed by atoms with Gasteiger partial charge in [0, 0.05) is 24.3 Å². The van der Waals surface area contributed by atoms with Gasteiger partial charge in [0.15, 0.2) is 0 Å². The van der Waals surface area contributed by atoms with Crippen molar-refractivity contribution in [2.24, 2.45) is 0 Å². The number of amides is 1. The average molecular weight is 388 g/mol. The summed E-state index contributed by atoms with van der Waals surface area (Å²) in [5.41, 5.74) is 3.05. The van der Waals surface area contributed by atoms with E-state index >= 15 is 0 Å². The SMILES string of the molecule is COc1cc(C)c(C)cc1S(=O)(=O)Nc1ccc(N2CCCCC2=O)cc1. The Morgan fingerprint density at radius 3 is 2.33 bits per heavy atom. The van der Waals surface area contributed by atoms with Crippen LogP contribution in [0.25, 0.3) is 0 Å². The van der Waals surface area contributed by atoms with Crippen LogP contribution in [0.15, 0.2) is 41.3 Å². The summed E-state index contributed by atoms with van der Waals surface area (Å²) in [6, 6.07) is 10.2. The topological polar surface area (TPSA) is 75.7 Å². The molecule has 1 aliphatic rings. The minimum Gasteiger partial charge on any atom is -0.495 e. The molecule has 27 heavy (non-hydrogen) atoms. The number of aryl methyl sites for hydroxylation is 2. The molecule has 1 heterocycles. The summed E-state index contributed by atoms with van der Waals surface area (Å²) in [6.45, 7) is 4.46. The van der Waals surface area contributed by atoms with E-state index in [2.05, 4.69) is 4.72 Å². The van der Waals surface area contributed by atoms with Crippen molar-refractivity contribution in [1.29, 1.82) is 0 Å². The maximum absolute atomic E-state index is 12.8. The Morgan fingerprint density at radius 2 is 1.70 bits per heavy atom. The molecule has 1 fully saturated rings. The zero-order valence-corrected chi connectivity index (χ0v) is 16.6. The van der Waals surface area contributed by atoms with E-state index in [1.165, 1.54) is 7.11 Å². The van der Waals surface area contributed by atoms with Gasteiger partial charge in [0.25, 0.3) is 10.0 Å². The third-order valence-corrected chi connectivity index (χ3v) is 6.23. The van der Waals surface area contributed by atoms with Gasteiger partial charge in [-0.3, -0.25) is 9.52 Å². The van der Waals surface area contributed by atoms with Crippen molar-refractivity contribution >= 4 is 27.3 Å². The monoisotopic (exact) mass is 388 g/mol. The Morgan fingerprint density at radius 1 is 1.04 bits per heavy atom. The summed E-state index contributed by atoms with van der Waals surface area (Å²) >= 11 is 0. The Balaban J connectivity index is 1.84. The highest BCUT2D eigenvalue weighted by molar-refractivity contribution is 7.92. The highest BCUT2D eigenvalue weighted by atomic mass is 32.2. The number of benzene rings is 2. The Kier molecular flexibility index (Phi) is 5.41. The van der Waals surface area contributed by atoms with Crippen molar-refractivity contribution < 1.29 is 17.9 Å². The fourth-order valence-corrected chi connectivity index (χ4v) is 4.43. The average Bonchev–Trinajstić information content (AvgIpc) is 2.64. The van der Waals surface area contributed by atoms with Crippen LogP contribution in [0, 0.1) is 13.8 Å². The molecule has 0 aliphatic carbocycles. The summed E-state index contributed by atoms with van der Waals surface area (Å²) in [5.74, 6) is 0.413. The fourth-order valence-electron chi connectivity index (χ4n) is 3.13. The van der Waals surface area contributed by atoms with Gasteiger partial charge in [-0.2, -0.15) is 0 Å². The molecule has 7 heteroatoms. The van der Waals surface area contributed by atoms with Gasteiger partial charge in [-0.1, -0.05) is 0 Å². The number of nitrogens with one attached hydrogen (secondary N) is 1. The number of hydrogen-bond donors (Lipinski definition) is 1. The second-order valence-corrected chi connectivity index (χ2v) is 8.39. The van der Waals surface area contributed by atoms with E-state index in [0.29, 0.717) is 24.4 Å². The molecule has 0 unspecified atom stereocenters. The maximum Gasteiger partial charge on any atom is 0.265 e. The van der Waals surface area contributed by atoms with E-state index in [-0.39, 0.29) is 10.8 Å². The van der Waals surface area contributed by atoms with E-state index in [0.717, 1.165) is 29.7 Å². The second-order valence-electron chi connectivity index (χ2n) is 6.74. The van der Waals surface area contributed by atoms with Crippen molar-refractivity contribution in [3.8, 4) is 5.75 Å². The largest absolute Gasteiger partial charge is 0.495 e. The molecule has 0 radical (unpaired) electrons. The summed E-state index contributed by atoms with van der Waals surface area (Å²) in [7, 11) is -2.35. The van der Waals surface area contributed by atoms with E-state index in [1.54, 1.807) is 41.3 Å². The molecule has 1 aliphatic heterocycles. The van der Waals surface area contributed by atoms with Gasteiger partial charge in [0.05, 0.1) is 7.11 Å². The van der Waals surface area contributed by atoms with E-state index in [1.807, 2.05) is 13.8 Å². The molecular weight excluding hydrogens is 364 g/mol. The van der Waals surface area contributed by atoms with Gasteiger partial charge in [-0.05, 0) is 74.2 Å². The van der Waals surface area contributed by atoms with Gasteiger partial charge in [0.1, 0.15) is 10.6 Å². The quantitative estimate of drug-likeness (QED) is 0.849. The van der Waals surface area contributed by atoms with Crippen LogP contribution in [0.5, 0.6) is 5.75 Å². The van der Waals surface area contributed by atoms with E-state index in [4.69, 9.17) is 4.74 Å². The molecule has 1 N–H and O–H groups in total. The third-order valence-electron chi connectivity index (χ3n) is 4.82. The number of sulfonamides is 1. The first-order valence-corrected chi connectivity index (χ1v) is 10.4. The Hall–Kier alpha value is -2.54. The molecule has 1 amide bonds. The van der Waals surface area contributed by atoms with Crippen LogP contribution in [-0.4, -0.2) is 28.0 Å². The zero-order chi connectivity index (χ0) is 19.6. The van der Waals surface area contributed by atoms with E-state index < -0.39 is 10.0 Å². The van der Waals surface area contributed by atoms with E-state index in [9.17, 15) is 13.2 Å². The Bertz CT molecular complexity index is 953. The lowest BCUT2D eigenvalue weighted by Crippen LogP contribution is -2.35.